The number of nitrogens with zero attached hydrogens (tertiary/aromatic N) is 2. The summed E-state index contributed by atoms with van der Waals surface area (Å²) < 4.78 is 33.5. The van der Waals surface area contributed by atoms with E-state index in [1.807, 2.05) is 0 Å². The summed E-state index contributed by atoms with van der Waals surface area (Å²) in [6, 6.07) is 3.08. The van der Waals surface area contributed by atoms with Gasteiger partial charge in [-0.2, -0.15) is 0 Å². The topological polar surface area (TPSA) is 80.1 Å². The van der Waals surface area contributed by atoms with Crippen LogP contribution in [0.3, 0.4) is 0 Å². The summed E-state index contributed by atoms with van der Waals surface area (Å²) in [6.07, 6.45) is 1.06. The molecule has 0 aromatic carbocycles. The first-order chi connectivity index (χ1) is 10.9. The van der Waals surface area contributed by atoms with Crippen LogP contribution in [0.2, 0.25) is 0 Å². The van der Waals surface area contributed by atoms with E-state index < -0.39 is 9.84 Å². The Hall–Kier alpha value is -1.38. The largest absolute Gasteiger partial charge is 0.440 e. The van der Waals surface area contributed by atoms with Gasteiger partial charge in [0.15, 0.2) is 5.76 Å². The molecule has 0 bridgehead atoms. The summed E-state index contributed by atoms with van der Waals surface area (Å²) >= 11 is 0. The Morgan fingerprint density at radius 3 is 2.52 bits per heavy atom. The van der Waals surface area contributed by atoms with E-state index in [-0.39, 0.29) is 16.8 Å². The fourth-order valence-corrected chi connectivity index (χ4v) is 3.85. The van der Waals surface area contributed by atoms with Crippen molar-refractivity contribution < 1.29 is 22.4 Å². The second kappa shape index (κ2) is 6.26. The van der Waals surface area contributed by atoms with Gasteiger partial charge in [-0.1, -0.05) is 6.92 Å². The smallest absolute Gasteiger partial charge is 0.289 e. The maximum atomic E-state index is 12.6. The quantitative estimate of drug-likeness (QED) is 0.795. The number of furan rings is 1. The Kier molecular flexibility index (Phi) is 4.48. The fraction of sp³-hybridized carbons (Fsp3) is 0.667. The van der Waals surface area contributed by atoms with Gasteiger partial charge in [-0.3, -0.25) is 9.69 Å². The standard InChI is InChI=1S/C15H22N2O5S/c1-11-9-17(10-12(11)16-5-7-21-8-6-16)15(18)13-3-4-14(22-13)23(2,19)20/h3-4,11-12H,5-10H2,1-2H3. The number of sulfone groups is 1. The van der Waals surface area contributed by atoms with Crippen LogP contribution < -0.4 is 0 Å². The highest BCUT2D eigenvalue weighted by Gasteiger charge is 2.37. The first-order valence-corrected chi connectivity index (χ1v) is 9.66. The van der Waals surface area contributed by atoms with Crippen LogP contribution in [0.15, 0.2) is 21.6 Å². The van der Waals surface area contributed by atoms with E-state index in [9.17, 15) is 13.2 Å². The Morgan fingerprint density at radius 1 is 1.22 bits per heavy atom. The van der Waals surface area contributed by atoms with Crippen molar-refractivity contribution in [3.8, 4) is 0 Å². The highest BCUT2D eigenvalue weighted by molar-refractivity contribution is 7.90. The lowest BCUT2D eigenvalue weighted by Crippen LogP contribution is -2.47. The monoisotopic (exact) mass is 342 g/mol. The molecular formula is C15H22N2O5S. The molecule has 2 unspecified atom stereocenters. The van der Waals surface area contributed by atoms with Crippen LogP contribution in [-0.2, 0) is 14.6 Å². The van der Waals surface area contributed by atoms with Gasteiger partial charge in [0.05, 0.1) is 13.2 Å². The van der Waals surface area contributed by atoms with Gasteiger partial charge >= 0.3 is 0 Å². The van der Waals surface area contributed by atoms with E-state index in [0.717, 1.165) is 32.6 Å². The summed E-state index contributed by atoms with van der Waals surface area (Å²) in [5.74, 6) is 0.198. The minimum atomic E-state index is -3.44. The summed E-state index contributed by atoms with van der Waals surface area (Å²) in [5, 5.41) is -0.169. The molecule has 2 atom stereocenters. The second-order valence-corrected chi connectivity index (χ2v) is 8.24. The van der Waals surface area contributed by atoms with E-state index in [2.05, 4.69) is 11.8 Å². The number of hydrogen-bond acceptors (Lipinski definition) is 6. The Labute approximate surface area is 136 Å². The molecule has 1 amide bonds. The molecule has 3 rings (SSSR count). The molecule has 0 saturated carbocycles. The number of hydrogen-bond donors (Lipinski definition) is 0. The van der Waals surface area contributed by atoms with Crippen LogP contribution in [0.4, 0.5) is 0 Å². The van der Waals surface area contributed by atoms with Crippen molar-refractivity contribution >= 4 is 15.7 Å². The van der Waals surface area contributed by atoms with Crippen LogP contribution in [0.25, 0.3) is 0 Å². The maximum Gasteiger partial charge on any atom is 0.289 e. The molecular weight excluding hydrogens is 320 g/mol. The van der Waals surface area contributed by atoms with Crippen LogP contribution >= 0.6 is 0 Å². The summed E-state index contributed by atoms with van der Waals surface area (Å²) in [4.78, 5) is 16.7. The molecule has 2 aliphatic rings. The molecule has 0 N–H and O–H groups in total. The van der Waals surface area contributed by atoms with Gasteiger partial charge in [-0.05, 0) is 18.1 Å². The van der Waals surface area contributed by atoms with Gasteiger partial charge in [-0.15, -0.1) is 0 Å². The lowest BCUT2D eigenvalue weighted by molar-refractivity contribution is 0.0118. The molecule has 1 aromatic rings. The van der Waals surface area contributed by atoms with Gasteiger partial charge < -0.3 is 14.1 Å². The van der Waals surface area contributed by atoms with Crippen molar-refractivity contribution in [3.05, 3.63) is 17.9 Å². The van der Waals surface area contributed by atoms with Crippen molar-refractivity contribution in [1.82, 2.24) is 9.80 Å². The van der Waals surface area contributed by atoms with Crippen LogP contribution in [0, 0.1) is 5.92 Å². The fourth-order valence-electron chi connectivity index (χ4n) is 3.29. The molecule has 2 fully saturated rings. The van der Waals surface area contributed by atoms with E-state index in [0.29, 0.717) is 25.0 Å². The number of ether oxygens (including phenoxy) is 1. The zero-order valence-electron chi connectivity index (χ0n) is 13.4. The first kappa shape index (κ1) is 16.5. The second-order valence-electron chi connectivity index (χ2n) is 6.29. The predicted octanol–water partition coefficient (Wildman–Crippen LogP) is 0.476. The molecule has 3 heterocycles. The van der Waals surface area contributed by atoms with Crippen LogP contribution in [-0.4, -0.2) is 75.8 Å². The van der Waals surface area contributed by atoms with Gasteiger partial charge in [0, 0.05) is 38.5 Å². The Bertz CT molecular complexity index is 678. The van der Waals surface area contributed by atoms with Gasteiger partial charge in [0.25, 0.3) is 5.91 Å². The zero-order valence-corrected chi connectivity index (χ0v) is 14.2. The van der Waals surface area contributed by atoms with E-state index in [1.54, 1.807) is 4.90 Å². The van der Waals surface area contributed by atoms with Crippen LogP contribution in [0.1, 0.15) is 17.5 Å². The number of amides is 1. The molecule has 128 valence electrons. The molecule has 0 aliphatic carbocycles. The molecule has 0 radical (unpaired) electrons. The van der Waals surface area contributed by atoms with Crippen molar-refractivity contribution in [1.29, 1.82) is 0 Å². The van der Waals surface area contributed by atoms with Crippen LogP contribution in [0.5, 0.6) is 0 Å². The third-order valence-electron chi connectivity index (χ3n) is 4.53. The average molecular weight is 342 g/mol. The van der Waals surface area contributed by atoms with Gasteiger partial charge in [0.1, 0.15) is 0 Å². The molecule has 2 saturated heterocycles. The first-order valence-electron chi connectivity index (χ1n) is 7.77. The number of carbonyl (C=O) groups is 1. The van der Waals surface area contributed by atoms with E-state index in [1.165, 1.54) is 12.1 Å². The number of morpholine rings is 1. The minimum Gasteiger partial charge on any atom is -0.440 e. The number of rotatable bonds is 3. The zero-order chi connectivity index (χ0) is 16.6. The lowest BCUT2D eigenvalue weighted by Gasteiger charge is -2.33. The SMILES string of the molecule is CC1CN(C(=O)c2ccc(S(C)(=O)=O)o2)CC1N1CCOCC1. The van der Waals surface area contributed by atoms with E-state index in [4.69, 9.17) is 9.15 Å². The van der Waals surface area contributed by atoms with Gasteiger partial charge in [0.2, 0.25) is 14.9 Å². The molecule has 7 nitrogen and oxygen atoms in total. The summed E-state index contributed by atoms with van der Waals surface area (Å²) in [7, 11) is -3.44. The van der Waals surface area contributed by atoms with Gasteiger partial charge in [-0.25, -0.2) is 8.42 Å². The Balaban J connectivity index is 1.70. The summed E-state index contributed by atoms with van der Waals surface area (Å²) in [5.41, 5.74) is 0. The van der Waals surface area contributed by atoms with Crippen molar-refractivity contribution in [2.75, 3.05) is 45.6 Å². The molecule has 1 aromatic heterocycles. The molecule has 8 heteroatoms. The Morgan fingerprint density at radius 2 is 1.91 bits per heavy atom. The average Bonchev–Trinajstić information content (AvgIpc) is 3.14. The summed E-state index contributed by atoms with van der Waals surface area (Å²) in [6.45, 7) is 6.65. The molecule has 0 spiro atoms. The van der Waals surface area contributed by atoms with Crippen molar-refractivity contribution in [2.24, 2.45) is 5.92 Å². The third-order valence-corrected chi connectivity index (χ3v) is 5.48. The lowest BCUT2D eigenvalue weighted by atomic mass is 10.0. The molecule has 2 aliphatic heterocycles. The highest BCUT2D eigenvalue weighted by Crippen LogP contribution is 2.25. The maximum absolute atomic E-state index is 12.6. The highest BCUT2D eigenvalue weighted by atomic mass is 32.2. The van der Waals surface area contributed by atoms with Crippen molar-refractivity contribution in [3.63, 3.8) is 0 Å². The number of carbonyl (C=O) groups excluding carboxylic acids is 1. The predicted molar refractivity (Wildman–Crippen MR) is 83.1 cm³/mol. The normalized spacial score (nSPS) is 26.6. The minimum absolute atomic E-state index is 0.0836. The number of likely N-dealkylation sites (tertiary alicyclic amines) is 1. The third kappa shape index (κ3) is 3.44. The van der Waals surface area contributed by atoms with E-state index >= 15 is 0 Å². The van der Waals surface area contributed by atoms with Crippen molar-refractivity contribution in [2.45, 2.75) is 18.1 Å². The molecule has 23 heavy (non-hydrogen) atoms.